The Bertz CT molecular complexity index is 1200. The number of carbonyl (C=O) groups excluding carboxylic acids is 1. The van der Waals surface area contributed by atoms with Crippen LogP contribution in [0.4, 0.5) is 10.1 Å². The van der Waals surface area contributed by atoms with Gasteiger partial charge >= 0.3 is 0 Å². The molecule has 0 radical (unpaired) electrons. The maximum Gasteiger partial charge on any atom is 0.266 e. The van der Waals surface area contributed by atoms with Crippen molar-refractivity contribution < 1.29 is 9.18 Å². The molecule has 1 aliphatic rings. The fourth-order valence-corrected chi connectivity index (χ4v) is 4.97. The van der Waals surface area contributed by atoms with Gasteiger partial charge in [0.1, 0.15) is 5.82 Å². The van der Waals surface area contributed by atoms with Gasteiger partial charge in [0.25, 0.3) is 5.91 Å². The molecule has 0 N–H and O–H groups in total. The first-order valence-electron chi connectivity index (χ1n) is 9.88. The van der Waals surface area contributed by atoms with Crippen molar-refractivity contribution in [3.63, 3.8) is 0 Å². The number of halogens is 2. The lowest BCUT2D eigenvalue weighted by Gasteiger charge is -2.12. The zero-order chi connectivity index (χ0) is 22.1. The van der Waals surface area contributed by atoms with Gasteiger partial charge in [-0.05, 0) is 121 Å². The second-order valence-corrected chi connectivity index (χ2v) is 9.42. The quantitative estimate of drug-likeness (QED) is 0.279. The molecule has 0 atom stereocenters. The number of nitrogens with zero attached hydrogens (tertiary/aromatic N) is 3. The summed E-state index contributed by atoms with van der Waals surface area (Å²) in [4.78, 5) is 19.8. The predicted octanol–water partition coefficient (Wildman–Crippen LogP) is 6.46. The lowest BCUT2D eigenvalue weighted by molar-refractivity contribution is -0.122. The molecule has 0 aliphatic carbocycles. The summed E-state index contributed by atoms with van der Waals surface area (Å²) in [5.41, 5.74) is 4.90. The summed E-state index contributed by atoms with van der Waals surface area (Å²) >= 11 is 3.65. The molecule has 0 bridgehead atoms. The molecular weight excluding hydrogens is 524 g/mol. The van der Waals surface area contributed by atoms with Gasteiger partial charge in [0, 0.05) is 27.2 Å². The second kappa shape index (κ2) is 9.00. The van der Waals surface area contributed by atoms with Crippen LogP contribution < -0.4 is 0 Å². The average Bonchev–Trinajstić information content (AvgIpc) is 3.19. The van der Waals surface area contributed by atoms with Crippen LogP contribution in [0, 0.1) is 23.2 Å². The average molecular weight is 545 g/mol. The van der Waals surface area contributed by atoms with Crippen LogP contribution in [0.5, 0.6) is 0 Å². The molecule has 1 aromatic heterocycles. The largest absolute Gasteiger partial charge is 0.318 e. The Balaban J connectivity index is 1.69. The van der Waals surface area contributed by atoms with Crippen molar-refractivity contribution >= 4 is 57.2 Å². The van der Waals surface area contributed by atoms with E-state index >= 15 is 0 Å². The number of hydrogen-bond donors (Lipinski definition) is 0. The van der Waals surface area contributed by atoms with Gasteiger partial charge in [0.05, 0.1) is 10.6 Å². The predicted molar refractivity (Wildman–Crippen MR) is 134 cm³/mol. The van der Waals surface area contributed by atoms with Crippen molar-refractivity contribution in [3.05, 3.63) is 85.8 Å². The first kappa shape index (κ1) is 21.8. The highest BCUT2D eigenvalue weighted by Gasteiger charge is 2.32. The number of likely N-dealkylation sites (N-methyl/N-ethyl adjacent to an activating group) is 1. The van der Waals surface area contributed by atoms with Crippen molar-refractivity contribution in [2.75, 3.05) is 6.54 Å². The second-order valence-electron chi connectivity index (χ2n) is 7.17. The van der Waals surface area contributed by atoms with Crippen LogP contribution in [-0.2, 0) is 4.79 Å². The van der Waals surface area contributed by atoms with E-state index in [1.807, 2.05) is 13.0 Å². The summed E-state index contributed by atoms with van der Waals surface area (Å²) in [6.07, 6.45) is 1.94. The van der Waals surface area contributed by atoms with E-state index in [0.29, 0.717) is 22.3 Å². The Morgan fingerprint density at radius 3 is 2.42 bits per heavy atom. The van der Waals surface area contributed by atoms with E-state index < -0.39 is 0 Å². The van der Waals surface area contributed by atoms with Crippen molar-refractivity contribution in [2.45, 2.75) is 20.8 Å². The van der Waals surface area contributed by atoms with Crippen LogP contribution in [0.1, 0.15) is 23.9 Å². The maximum absolute atomic E-state index is 13.2. The van der Waals surface area contributed by atoms with Crippen LogP contribution >= 0.6 is 34.4 Å². The number of aromatic nitrogens is 1. The molecular formula is C24H21FIN3OS. The highest BCUT2D eigenvalue weighted by Crippen LogP contribution is 2.35. The summed E-state index contributed by atoms with van der Waals surface area (Å²) in [6.45, 7) is 6.57. The SMILES string of the molecule is CCN1C(=O)/C(=C/c2cc(C)n(-c3ccc(I)cc3)c2C)SC1=Nc1ccc(F)cc1. The summed E-state index contributed by atoms with van der Waals surface area (Å²) in [5, 5.41) is 0.608. The van der Waals surface area contributed by atoms with Crippen molar-refractivity contribution in [2.24, 2.45) is 4.99 Å². The number of benzene rings is 2. The van der Waals surface area contributed by atoms with Gasteiger partial charge in [0.15, 0.2) is 5.17 Å². The fourth-order valence-electron chi connectivity index (χ4n) is 3.56. The minimum Gasteiger partial charge on any atom is -0.318 e. The van der Waals surface area contributed by atoms with E-state index in [1.54, 1.807) is 17.0 Å². The van der Waals surface area contributed by atoms with E-state index in [4.69, 9.17) is 0 Å². The van der Waals surface area contributed by atoms with Crippen molar-refractivity contribution in [1.82, 2.24) is 9.47 Å². The number of carbonyl (C=O) groups is 1. The minimum absolute atomic E-state index is 0.0626. The third-order valence-corrected chi connectivity index (χ3v) is 6.82. The third kappa shape index (κ3) is 4.48. The Morgan fingerprint density at radius 2 is 1.77 bits per heavy atom. The molecule has 158 valence electrons. The highest BCUT2D eigenvalue weighted by molar-refractivity contribution is 14.1. The lowest BCUT2D eigenvalue weighted by Crippen LogP contribution is -2.28. The topological polar surface area (TPSA) is 37.6 Å². The van der Waals surface area contributed by atoms with Gasteiger partial charge in [-0.15, -0.1) is 0 Å². The molecule has 0 spiro atoms. The monoisotopic (exact) mass is 545 g/mol. The van der Waals surface area contributed by atoms with Gasteiger partial charge in [-0.3, -0.25) is 9.69 Å². The molecule has 1 saturated heterocycles. The standard InChI is InChI=1S/C24H21FIN3OS/c1-4-28-23(30)22(31-24(28)27-20-9-5-18(25)6-10-20)14-17-13-15(2)29(16(17)3)21-11-7-19(26)8-12-21/h5-14H,4H2,1-3H3/b22-14-,27-24?. The van der Waals surface area contributed by atoms with Crippen LogP contribution in [-0.4, -0.2) is 27.1 Å². The summed E-state index contributed by atoms with van der Waals surface area (Å²) in [5.74, 6) is -0.372. The van der Waals surface area contributed by atoms with Crippen molar-refractivity contribution in [3.8, 4) is 5.69 Å². The van der Waals surface area contributed by atoms with Crippen LogP contribution in [0.2, 0.25) is 0 Å². The normalized spacial score (nSPS) is 16.7. The Morgan fingerprint density at radius 1 is 1.10 bits per heavy atom. The van der Waals surface area contributed by atoms with Gasteiger partial charge in [-0.25, -0.2) is 9.38 Å². The number of amidine groups is 1. The summed E-state index contributed by atoms with van der Waals surface area (Å²) in [7, 11) is 0. The number of hydrogen-bond acceptors (Lipinski definition) is 3. The molecule has 7 heteroatoms. The maximum atomic E-state index is 13.2. The van der Waals surface area contributed by atoms with E-state index in [2.05, 4.69) is 76.3 Å². The van der Waals surface area contributed by atoms with Crippen molar-refractivity contribution in [1.29, 1.82) is 0 Å². The first-order chi connectivity index (χ1) is 14.9. The molecule has 31 heavy (non-hydrogen) atoms. The Kier molecular flexibility index (Phi) is 6.34. The molecule has 2 aromatic carbocycles. The smallest absolute Gasteiger partial charge is 0.266 e. The van der Waals surface area contributed by atoms with Crippen LogP contribution in [0.25, 0.3) is 11.8 Å². The molecule has 0 unspecified atom stereocenters. The molecule has 1 fully saturated rings. The van der Waals surface area contributed by atoms with Gasteiger partial charge in [-0.1, -0.05) is 0 Å². The highest BCUT2D eigenvalue weighted by atomic mass is 127. The number of aliphatic imine (C=N–C) groups is 1. The van der Waals surface area contributed by atoms with Crippen LogP contribution in [0.3, 0.4) is 0 Å². The van der Waals surface area contributed by atoms with E-state index in [1.165, 1.54) is 27.5 Å². The number of aryl methyl sites for hydroxylation is 1. The molecule has 4 nitrogen and oxygen atoms in total. The third-order valence-electron chi connectivity index (χ3n) is 5.10. The minimum atomic E-state index is -0.310. The number of rotatable bonds is 4. The summed E-state index contributed by atoms with van der Waals surface area (Å²) in [6, 6.07) is 16.4. The lowest BCUT2D eigenvalue weighted by atomic mass is 10.2. The Labute approximate surface area is 199 Å². The van der Waals surface area contributed by atoms with Crippen LogP contribution in [0.15, 0.2) is 64.5 Å². The fraction of sp³-hybridized carbons (Fsp3) is 0.167. The zero-order valence-corrected chi connectivity index (χ0v) is 20.4. The zero-order valence-electron chi connectivity index (χ0n) is 17.4. The van der Waals surface area contributed by atoms with E-state index in [0.717, 1.165) is 22.6 Å². The molecule has 0 saturated carbocycles. The van der Waals surface area contributed by atoms with Gasteiger partial charge < -0.3 is 4.57 Å². The number of amides is 1. The Hall–Kier alpha value is -2.39. The van der Waals surface area contributed by atoms with Gasteiger partial charge in [0.2, 0.25) is 0 Å². The molecule has 3 aromatic rings. The molecule has 1 aliphatic heterocycles. The summed E-state index contributed by atoms with van der Waals surface area (Å²) < 4.78 is 16.6. The van der Waals surface area contributed by atoms with E-state index in [-0.39, 0.29) is 11.7 Å². The number of thioether (sulfide) groups is 1. The van der Waals surface area contributed by atoms with Gasteiger partial charge in [-0.2, -0.15) is 0 Å². The first-order valence-corrected chi connectivity index (χ1v) is 11.8. The molecule has 4 rings (SSSR count). The molecule has 2 heterocycles. The molecule has 1 amide bonds. The van der Waals surface area contributed by atoms with E-state index in [9.17, 15) is 9.18 Å².